The molecule has 2 aliphatic carbocycles. The van der Waals surface area contributed by atoms with Crippen molar-refractivity contribution in [2.45, 2.75) is 44.6 Å². The fourth-order valence-corrected chi connectivity index (χ4v) is 4.35. The Hall–Kier alpha value is -2.70. The highest BCUT2D eigenvalue weighted by molar-refractivity contribution is 5.89. The lowest BCUT2D eigenvalue weighted by molar-refractivity contribution is -0.157. The van der Waals surface area contributed by atoms with Crippen LogP contribution in [-0.4, -0.2) is 43.4 Å². The summed E-state index contributed by atoms with van der Waals surface area (Å²) >= 11 is 0. The van der Waals surface area contributed by atoms with E-state index in [-0.39, 0.29) is 30.0 Å². The van der Waals surface area contributed by atoms with Gasteiger partial charge in [-0.3, -0.25) is 14.4 Å². The molecule has 0 aliphatic heterocycles. The maximum Gasteiger partial charge on any atom is 0.328 e. The van der Waals surface area contributed by atoms with Crippen molar-refractivity contribution in [3.63, 3.8) is 0 Å². The van der Waals surface area contributed by atoms with E-state index in [1.165, 1.54) is 7.11 Å². The number of amides is 1. The Balaban J connectivity index is 1.50. The van der Waals surface area contributed by atoms with Gasteiger partial charge in [0.15, 0.2) is 6.61 Å². The lowest BCUT2D eigenvalue weighted by Gasteiger charge is -2.36. The van der Waals surface area contributed by atoms with Crippen LogP contribution in [0.2, 0.25) is 0 Å². The van der Waals surface area contributed by atoms with Crippen molar-refractivity contribution >= 4 is 23.6 Å². The van der Waals surface area contributed by atoms with Gasteiger partial charge >= 0.3 is 11.9 Å². The number of nitrogens with one attached hydrogen (secondary N) is 1. The normalized spacial score (nSPS) is 24.3. The van der Waals surface area contributed by atoms with Crippen LogP contribution in [-0.2, 0) is 35.1 Å². The molecule has 0 aromatic heterocycles. The molecule has 2 fully saturated rings. The molecule has 2 bridgehead atoms. The van der Waals surface area contributed by atoms with Gasteiger partial charge in [0, 0.05) is 18.3 Å². The maximum atomic E-state index is 12.4. The summed E-state index contributed by atoms with van der Waals surface area (Å²) in [6, 6.07) is 8.39. The summed E-state index contributed by atoms with van der Waals surface area (Å²) in [6.07, 6.45) is 3.99. The van der Waals surface area contributed by atoms with Gasteiger partial charge in [0.25, 0.3) is 5.91 Å². The Kier molecular flexibility index (Phi) is 7.01. The van der Waals surface area contributed by atoms with E-state index in [0.29, 0.717) is 12.8 Å². The second-order valence-electron chi connectivity index (χ2n) is 7.84. The van der Waals surface area contributed by atoms with Crippen LogP contribution < -0.4 is 5.32 Å². The summed E-state index contributed by atoms with van der Waals surface area (Å²) in [6.45, 7) is -0.457. The Bertz CT molecular complexity index is 746. The number of carbonyl (C=O) groups excluding carboxylic acids is 4. The summed E-state index contributed by atoms with van der Waals surface area (Å²) in [5, 5.41) is 2.58. The molecule has 156 valence electrons. The number of benzene rings is 1. The van der Waals surface area contributed by atoms with Crippen molar-refractivity contribution in [2.75, 3.05) is 13.7 Å². The molecule has 1 N–H and O–H groups in total. The first kappa shape index (κ1) is 21.0. The van der Waals surface area contributed by atoms with E-state index in [2.05, 4.69) is 5.32 Å². The lowest BCUT2D eigenvalue weighted by Crippen LogP contribution is -2.45. The van der Waals surface area contributed by atoms with Gasteiger partial charge in [0.2, 0.25) is 0 Å². The average Bonchev–Trinajstić information content (AvgIpc) is 2.71. The number of carbonyl (C=O) groups is 4. The van der Waals surface area contributed by atoms with Gasteiger partial charge in [0.05, 0.1) is 13.0 Å². The number of ether oxygens (including phenoxy) is 2. The molecule has 7 nitrogen and oxygen atoms in total. The summed E-state index contributed by atoms with van der Waals surface area (Å²) in [4.78, 5) is 48.8. The molecule has 0 heterocycles. The fourth-order valence-electron chi connectivity index (χ4n) is 4.35. The molecule has 4 atom stereocenters. The van der Waals surface area contributed by atoms with Crippen molar-refractivity contribution in [1.82, 2.24) is 5.32 Å². The first-order valence-corrected chi connectivity index (χ1v) is 10.1. The van der Waals surface area contributed by atoms with E-state index >= 15 is 0 Å². The van der Waals surface area contributed by atoms with Gasteiger partial charge < -0.3 is 14.8 Å². The zero-order valence-corrected chi connectivity index (χ0v) is 16.6. The minimum Gasteiger partial charge on any atom is -0.467 e. The highest BCUT2D eigenvalue weighted by Crippen LogP contribution is 2.40. The van der Waals surface area contributed by atoms with Crippen LogP contribution in [0, 0.1) is 17.8 Å². The van der Waals surface area contributed by atoms with E-state index < -0.39 is 30.5 Å². The minimum atomic E-state index is -0.861. The molecule has 0 saturated heterocycles. The SMILES string of the molecule is COC(=O)[C@H](Cc1ccccc1)NC(=O)COC(=O)C1C[C@H]2CCC[C@@H](C1)C2=O. The number of esters is 2. The summed E-state index contributed by atoms with van der Waals surface area (Å²) < 4.78 is 9.96. The zero-order valence-electron chi connectivity index (χ0n) is 16.6. The first-order chi connectivity index (χ1) is 14.0. The van der Waals surface area contributed by atoms with Gasteiger partial charge in [0.1, 0.15) is 11.8 Å². The number of methoxy groups -OCH3 is 1. The van der Waals surface area contributed by atoms with Crippen molar-refractivity contribution in [3.8, 4) is 0 Å². The van der Waals surface area contributed by atoms with Crippen molar-refractivity contribution in [3.05, 3.63) is 35.9 Å². The molecular weight excluding hydrogens is 374 g/mol. The molecule has 3 rings (SSSR count). The molecule has 1 amide bonds. The van der Waals surface area contributed by atoms with Gasteiger partial charge in [-0.1, -0.05) is 36.8 Å². The molecule has 1 aromatic carbocycles. The molecule has 2 aliphatic rings. The third kappa shape index (κ3) is 5.43. The molecule has 1 aromatic rings. The zero-order chi connectivity index (χ0) is 20.8. The van der Waals surface area contributed by atoms with E-state index in [4.69, 9.17) is 9.47 Å². The molecule has 1 unspecified atom stereocenters. The first-order valence-electron chi connectivity index (χ1n) is 10.1. The molecule has 2 saturated carbocycles. The van der Waals surface area contributed by atoms with Crippen LogP contribution >= 0.6 is 0 Å². The standard InChI is InChI=1S/C22H27NO6/c1-28-22(27)18(10-14-6-3-2-4-7-14)23-19(24)13-29-21(26)17-11-15-8-5-9-16(12-17)20(15)25/h2-4,6-7,15-18H,5,8-13H2,1H3,(H,23,24)/t15-,16+,17?,18-/m0/s1. The third-order valence-corrected chi connectivity index (χ3v) is 5.83. The van der Waals surface area contributed by atoms with Gasteiger partial charge in [-0.05, 0) is 31.2 Å². The smallest absolute Gasteiger partial charge is 0.328 e. The quantitative estimate of drug-likeness (QED) is 0.700. The highest BCUT2D eigenvalue weighted by atomic mass is 16.5. The Labute approximate surface area is 170 Å². The maximum absolute atomic E-state index is 12.4. The van der Waals surface area contributed by atoms with Gasteiger partial charge in [-0.15, -0.1) is 0 Å². The van der Waals surface area contributed by atoms with Crippen LogP contribution in [0.3, 0.4) is 0 Å². The van der Waals surface area contributed by atoms with E-state index in [1.54, 1.807) is 0 Å². The number of rotatable bonds is 7. The van der Waals surface area contributed by atoms with Gasteiger partial charge in [-0.2, -0.15) is 0 Å². The van der Waals surface area contributed by atoms with Crippen LogP contribution in [0.25, 0.3) is 0 Å². The van der Waals surface area contributed by atoms with Gasteiger partial charge in [-0.25, -0.2) is 4.79 Å². The van der Waals surface area contributed by atoms with Crippen molar-refractivity contribution in [2.24, 2.45) is 17.8 Å². The number of fused-ring (bicyclic) bond motifs is 2. The average molecular weight is 401 g/mol. The van der Waals surface area contributed by atoms with E-state index in [0.717, 1.165) is 24.8 Å². The number of hydrogen-bond donors (Lipinski definition) is 1. The molecule has 7 heteroatoms. The second-order valence-corrected chi connectivity index (χ2v) is 7.84. The predicted molar refractivity (Wildman–Crippen MR) is 104 cm³/mol. The highest BCUT2D eigenvalue weighted by Gasteiger charge is 2.41. The summed E-state index contributed by atoms with van der Waals surface area (Å²) in [7, 11) is 1.26. The Morgan fingerprint density at radius 2 is 1.76 bits per heavy atom. The Morgan fingerprint density at radius 1 is 1.10 bits per heavy atom. The largest absolute Gasteiger partial charge is 0.467 e. The molecule has 0 spiro atoms. The van der Waals surface area contributed by atoms with Crippen molar-refractivity contribution in [1.29, 1.82) is 0 Å². The second kappa shape index (κ2) is 9.67. The van der Waals surface area contributed by atoms with Crippen LogP contribution in [0.4, 0.5) is 0 Å². The van der Waals surface area contributed by atoms with Crippen LogP contribution in [0.15, 0.2) is 30.3 Å². The number of hydrogen-bond acceptors (Lipinski definition) is 6. The topological polar surface area (TPSA) is 98.8 Å². The van der Waals surface area contributed by atoms with Crippen LogP contribution in [0.1, 0.15) is 37.7 Å². The predicted octanol–water partition coefficient (Wildman–Crippen LogP) is 1.83. The third-order valence-electron chi connectivity index (χ3n) is 5.83. The summed E-state index contributed by atoms with van der Waals surface area (Å²) in [5.74, 6) is -1.73. The minimum absolute atomic E-state index is 0.0524. The van der Waals surface area contributed by atoms with E-state index in [1.807, 2.05) is 30.3 Å². The Morgan fingerprint density at radius 3 is 2.38 bits per heavy atom. The monoisotopic (exact) mass is 401 g/mol. The fraction of sp³-hybridized carbons (Fsp3) is 0.545. The number of ketones is 1. The number of Topliss-reactive ketones (excluding diaryl/α,β-unsaturated/α-hetero) is 1. The molecule has 29 heavy (non-hydrogen) atoms. The lowest BCUT2D eigenvalue weighted by atomic mass is 9.67. The summed E-state index contributed by atoms with van der Waals surface area (Å²) in [5.41, 5.74) is 0.874. The van der Waals surface area contributed by atoms with E-state index in [9.17, 15) is 19.2 Å². The molecule has 0 radical (unpaired) electrons. The van der Waals surface area contributed by atoms with Crippen LogP contribution in [0.5, 0.6) is 0 Å². The van der Waals surface area contributed by atoms with Crippen molar-refractivity contribution < 1.29 is 28.7 Å². The molecular formula is C22H27NO6.